The largest absolute Gasteiger partial charge is 0.480 e. The van der Waals surface area contributed by atoms with Crippen molar-refractivity contribution in [3.8, 4) is 11.8 Å². The molecule has 0 spiro atoms. The lowest BCUT2D eigenvalue weighted by Gasteiger charge is -2.11. The van der Waals surface area contributed by atoms with Gasteiger partial charge in [0.05, 0.1) is 14.3 Å². The van der Waals surface area contributed by atoms with E-state index in [9.17, 15) is 14.9 Å². The molecule has 1 aromatic carbocycles. The predicted molar refractivity (Wildman–Crippen MR) is 106 cm³/mol. The van der Waals surface area contributed by atoms with E-state index in [4.69, 9.17) is 4.74 Å². The Hall–Kier alpha value is -1.35. The summed E-state index contributed by atoms with van der Waals surface area (Å²) in [5, 5.41) is 11.9. The lowest BCUT2D eigenvalue weighted by Crippen LogP contribution is -2.30. The van der Waals surface area contributed by atoms with Gasteiger partial charge < -0.3 is 14.8 Å². The van der Waals surface area contributed by atoms with Gasteiger partial charge in [-0.15, -0.1) is 0 Å². The molecule has 0 bridgehead atoms. The van der Waals surface area contributed by atoms with E-state index in [0.29, 0.717) is 11.3 Å². The molecule has 0 saturated heterocycles. The third-order valence-electron chi connectivity index (χ3n) is 2.68. The fourth-order valence-corrected chi connectivity index (χ4v) is 3.77. The van der Waals surface area contributed by atoms with Crippen LogP contribution in [-0.4, -0.2) is 31.6 Å². The van der Waals surface area contributed by atoms with E-state index in [-0.39, 0.29) is 18.2 Å². The highest BCUT2D eigenvalue weighted by Crippen LogP contribution is 2.29. The number of methoxy groups -OCH3 is 1. The van der Waals surface area contributed by atoms with E-state index in [1.165, 1.54) is 13.2 Å². The molecule has 0 saturated carbocycles. The Morgan fingerprint density at radius 2 is 1.92 bits per heavy atom. The Morgan fingerprint density at radius 3 is 2.38 bits per heavy atom. The predicted octanol–water partition coefficient (Wildman–Crippen LogP) is 2.88. The molecule has 0 fully saturated rings. The maximum atomic E-state index is 12.0. The van der Waals surface area contributed by atoms with Crippen molar-refractivity contribution in [1.29, 1.82) is 5.26 Å². The molecule has 128 valence electrons. The van der Waals surface area contributed by atoms with Crippen LogP contribution in [0.2, 0.25) is 0 Å². The summed E-state index contributed by atoms with van der Waals surface area (Å²) in [6.45, 7) is 3.47. The molecule has 0 unspecified atom stereocenters. The monoisotopic (exact) mass is 554 g/mol. The van der Waals surface area contributed by atoms with Gasteiger partial charge in [-0.3, -0.25) is 4.79 Å². The van der Waals surface area contributed by atoms with Gasteiger partial charge in [-0.1, -0.05) is 0 Å². The molecule has 1 amide bonds. The Morgan fingerprint density at radius 1 is 1.33 bits per heavy atom. The van der Waals surface area contributed by atoms with E-state index in [2.05, 4.69) is 55.2 Å². The first-order valence-electron chi connectivity index (χ1n) is 6.89. The van der Waals surface area contributed by atoms with Crippen LogP contribution in [0.1, 0.15) is 19.4 Å². The van der Waals surface area contributed by atoms with Crippen molar-refractivity contribution in [3.05, 3.63) is 30.4 Å². The summed E-state index contributed by atoms with van der Waals surface area (Å²) in [6.07, 6.45) is 1.52. The van der Waals surface area contributed by atoms with Crippen LogP contribution in [-0.2, 0) is 14.3 Å². The number of rotatable bonds is 6. The Kier molecular flexibility index (Phi) is 8.47. The number of ether oxygens (including phenoxy) is 2. The first-order valence-corrected chi connectivity index (χ1v) is 9.05. The van der Waals surface area contributed by atoms with E-state index >= 15 is 0 Å². The molecular weight excluding hydrogens is 538 g/mol. The van der Waals surface area contributed by atoms with Gasteiger partial charge in [0.2, 0.25) is 0 Å². The van der Waals surface area contributed by atoms with Crippen LogP contribution in [0.5, 0.6) is 5.75 Å². The van der Waals surface area contributed by atoms with Crippen LogP contribution in [0.25, 0.3) is 6.08 Å². The van der Waals surface area contributed by atoms with Crippen LogP contribution in [0.4, 0.5) is 0 Å². The van der Waals surface area contributed by atoms with Crippen molar-refractivity contribution in [3.63, 3.8) is 0 Å². The van der Waals surface area contributed by atoms with Crippen LogP contribution < -0.4 is 10.1 Å². The average Bonchev–Trinajstić information content (AvgIpc) is 2.50. The first-order chi connectivity index (χ1) is 11.3. The second-order valence-corrected chi connectivity index (χ2v) is 7.30. The van der Waals surface area contributed by atoms with Gasteiger partial charge in [0.1, 0.15) is 17.4 Å². The normalized spacial score (nSPS) is 11.0. The van der Waals surface area contributed by atoms with Crippen LogP contribution >= 0.6 is 45.2 Å². The van der Waals surface area contributed by atoms with Gasteiger partial charge in [0.25, 0.3) is 5.91 Å². The van der Waals surface area contributed by atoms with Crippen molar-refractivity contribution in [2.45, 2.75) is 19.9 Å². The highest BCUT2D eigenvalue weighted by molar-refractivity contribution is 14.1. The Labute approximate surface area is 167 Å². The lowest BCUT2D eigenvalue weighted by atomic mass is 10.1. The zero-order chi connectivity index (χ0) is 18.3. The molecular formula is C16H16I2N2O4. The summed E-state index contributed by atoms with van der Waals surface area (Å²) in [5.41, 5.74) is 0.725. The average molecular weight is 554 g/mol. The van der Waals surface area contributed by atoms with Gasteiger partial charge in [0, 0.05) is 6.04 Å². The van der Waals surface area contributed by atoms with Crippen molar-refractivity contribution >= 4 is 63.1 Å². The second-order valence-electron chi connectivity index (χ2n) is 4.98. The van der Waals surface area contributed by atoms with Gasteiger partial charge in [-0.05, 0) is 82.8 Å². The molecule has 6 nitrogen and oxygen atoms in total. The van der Waals surface area contributed by atoms with Crippen LogP contribution in [0.15, 0.2) is 17.7 Å². The van der Waals surface area contributed by atoms with Crippen molar-refractivity contribution in [2.24, 2.45) is 0 Å². The molecule has 24 heavy (non-hydrogen) atoms. The quantitative estimate of drug-likeness (QED) is 0.253. The minimum absolute atomic E-state index is 0.0264. The third-order valence-corrected chi connectivity index (χ3v) is 4.28. The van der Waals surface area contributed by atoms with Crippen molar-refractivity contribution in [1.82, 2.24) is 5.32 Å². The van der Waals surface area contributed by atoms with Crippen molar-refractivity contribution in [2.75, 3.05) is 13.7 Å². The molecule has 1 rings (SSSR count). The number of amides is 1. The fourth-order valence-electron chi connectivity index (χ4n) is 1.65. The number of benzene rings is 1. The maximum Gasteiger partial charge on any atom is 0.343 e. The summed E-state index contributed by atoms with van der Waals surface area (Å²) in [6, 6.07) is 5.40. The summed E-state index contributed by atoms with van der Waals surface area (Å²) in [7, 11) is 1.29. The molecule has 0 aliphatic rings. The Balaban J connectivity index is 3.06. The molecule has 0 aromatic heterocycles. The topological polar surface area (TPSA) is 88.4 Å². The molecule has 1 aromatic rings. The Bertz CT molecular complexity index is 686. The zero-order valence-corrected chi connectivity index (χ0v) is 17.7. The van der Waals surface area contributed by atoms with Crippen LogP contribution in [0.3, 0.4) is 0 Å². The summed E-state index contributed by atoms with van der Waals surface area (Å²) < 4.78 is 11.5. The number of esters is 1. The highest BCUT2D eigenvalue weighted by atomic mass is 127. The highest BCUT2D eigenvalue weighted by Gasteiger charge is 2.13. The lowest BCUT2D eigenvalue weighted by molar-refractivity contribution is -0.142. The van der Waals surface area contributed by atoms with Gasteiger partial charge in [-0.2, -0.15) is 5.26 Å². The number of hydrogen-bond donors (Lipinski definition) is 1. The SMILES string of the molecule is COC(=O)COc1c(I)cc(/C=C(/C#N)C(=O)NC(C)C)cc1I. The van der Waals surface area contributed by atoms with Gasteiger partial charge in [0.15, 0.2) is 6.61 Å². The van der Waals surface area contributed by atoms with Crippen LogP contribution in [0, 0.1) is 18.5 Å². The smallest absolute Gasteiger partial charge is 0.343 e. The fraction of sp³-hybridized carbons (Fsp3) is 0.312. The summed E-state index contributed by atoms with van der Waals surface area (Å²) >= 11 is 4.14. The number of carbonyl (C=O) groups is 2. The van der Waals surface area contributed by atoms with Gasteiger partial charge in [-0.25, -0.2) is 4.79 Å². The van der Waals surface area contributed by atoms with E-state index in [1.807, 2.05) is 19.9 Å². The molecule has 0 radical (unpaired) electrons. The molecule has 1 N–H and O–H groups in total. The standard InChI is InChI=1S/C16H16I2N2O4/c1-9(2)20-16(22)11(7-19)4-10-5-12(17)15(13(18)6-10)24-8-14(21)23-3/h4-6,9H,8H2,1-3H3,(H,20,22)/b11-4-. The number of carbonyl (C=O) groups excluding carboxylic acids is 2. The van der Waals surface area contributed by atoms with E-state index in [0.717, 1.165) is 7.14 Å². The minimum atomic E-state index is -0.470. The molecule has 8 heteroatoms. The second kappa shape index (κ2) is 9.83. The van der Waals surface area contributed by atoms with Crippen molar-refractivity contribution < 1.29 is 19.1 Å². The van der Waals surface area contributed by atoms with E-state index < -0.39 is 11.9 Å². The number of nitriles is 1. The summed E-state index contributed by atoms with van der Waals surface area (Å²) in [4.78, 5) is 23.1. The molecule has 0 aliphatic carbocycles. The number of halogens is 2. The number of hydrogen-bond acceptors (Lipinski definition) is 5. The first kappa shape index (κ1) is 20.7. The molecule has 0 aliphatic heterocycles. The minimum Gasteiger partial charge on any atom is -0.480 e. The molecule has 0 heterocycles. The maximum absolute atomic E-state index is 12.0. The van der Waals surface area contributed by atoms with E-state index in [1.54, 1.807) is 12.1 Å². The number of nitrogens with one attached hydrogen (secondary N) is 1. The number of nitrogens with zero attached hydrogens (tertiary/aromatic N) is 1. The molecule has 0 atom stereocenters. The third kappa shape index (κ3) is 6.27. The van der Waals surface area contributed by atoms with Gasteiger partial charge >= 0.3 is 5.97 Å². The zero-order valence-electron chi connectivity index (χ0n) is 13.4. The summed E-state index contributed by atoms with van der Waals surface area (Å²) in [5.74, 6) is -0.324.